The van der Waals surface area contributed by atoms with Gasteiger partial charge in [-0.2, -0.15) is 0 Å². The first kappa shape index (κ1) is 14.7. The van der Waals surface area contributed by atoms with Crippen LogP contribution in [-0.4, -0.2) is 22.8 Å². The van der Waals surface area contributed by atoms with E-state index in [-0.39, 0.29) is 22.5 Å². The number of carbonyl (C=O) groups is 1. The molecule has 2 rings (SSSR count). The number of rotatable bonds is 4. The monoisotopic (exact) mass is 300 g/mol. The van der Waals surface area contributed by atoms with Gasteiger partial charge in [-0.05, 0) is 24.8 Å². The molecular formula is C13H14ClFN2O3. The van der Waals surface area contributed by atoms with Crippen LogP contribution in [0.3, 0.4) is 0 Å². The number of nitro benzene ring substituents is 1. The third kappa shape index (κ3) is 3.25. The SMILES string of the molecule is O=C(NCC1CCCC1Cl)c1ccc([N+](=O)[O-])cc1F. The van der Waals surface area contributed by atoms with Crippen molar-refractivity contribution in [3.05, 3.63) is 39.7 Å². The highest BCUT2D eigenvalue weighted by molar-refractivity contribution is 6.21. The van der Waals surface area contributed by atoms with Gasteiger partial charge in [0.25, 0.3) is 11.6 Å². The zero-order chi connectivity index (χ0) is 14.7. The quantitative estimate of drug-likeness (QED) is 0.528. The molecule has 0 bridgehead atoms. The molecule has 1 aromatic carbocycles. The van der Waals surface area contributed by atoms with E-state index < -0.39 is 16.6 Å². The standard InChI is InChI=1S/C13H14ClFN2O3/c14-11-3-1-2-8(11)7-16-13(18)10-5-4-9(17(19)20)6-12(10)15/h4-6,8,11H,1-3,7H2,(H,16,18). The van der Waals surface area contributed by atoms with Crippen molar-refractivity contribution in [1.82, 2.24) is 5.32 Å². The average molecular weight is 301 g/mol. The van der Waals surface area contributed by atoms with Gasteiger partial charge in [-0.15, -0.1) is 11.6 Å². The molecule has 1 fully saturated rings. The molecule has 0 aromatic heterocycles. The second-order valence-corrected chi connectivity index (χ2v) is 5.40. The van der Waals surface area contributed by atoms with Crippen molar-refractivity contribution >= 4 is 23.2 Å². The van der Waals surface area contributed by atoms with Crippen molar-refractivity contribution in [3.8, 4) is 0 Å². The number of non-ortho nitro benzene ring substituents is 1. The summed E-state index contributed by atoms with van der Waals surface area (Å²) in [6.45, 7) is 0.392. The fourth-order valence-corrected chi connectivity index (χ4v) is 2.71. The second-order valence-electron chi connectivity index (χ2n) is 4.84. The lowest BCUT2D eigenvalue weighted by Gasteiger charge is -2.14. The Morgan fingerprint density at radius 3 is 2.80 bits per heavy atom. The molecule has 2 atom stereocenters. The maximum atomic E-state index is 13.6. The number of hydrogen-bond acceptors (Lipinski definition) is 3. The Morgan fingerprint density at radius 1 is 1.50 bits per heavy atom. The molecule has 2 unspecified atom stereocenters. The highest BCUT2D eigenvalue weighted by Crippen LogP contribution is 2.29. The number of benzene rings is 1. The highest BCUT2D eigenvalue weighted by atomic mass is 35.5. The maximum Gasteiger partial charge on any atom is 0.272 e. The van der Waals surface area contributed by atoms with Crippen molar-refractivity contribution < 1.29 is 14.1 Å². The van der Waals surface area contributed by atoms with Crippen LogP contribution >= 0.6 is 11.6 Å². The van der Waals surface area contributed by atoms with E-state index in [2.05, 4.69) is 5.32 Å². The van der Waals surface area contributed by atoms with Crippen LogP contribution in [0.2, 0.25) is 0 Å². The van der Waals surface area contributed by atoms with Crippen molar-refractivity contribution in [1.29, 1.82) is 0 Å². The van der Waals surface area contributed by atoms with Gasteiger partial charge < -0.3 is 5.32 Å². The van der Waals surface area contributed by atoms with Crippen LogP contribution < -0.4 is 5.32 Å². The Hall–Kier alpha value is -1.69. The molecule has 7 heteroatoms. The van der Waals surface area contributed by atoms with Crippen molar-refractivity contribution in [2.45, 2.75) is 24.6 Å². The Bertz CT molecular complexity index is 538. The van der Waals surface area contributed by atoms with E-state index in [4.69, 9.17) is 11.6 Å². The topological polar surface area (TPSA) is 72.2 Å². The lowest BCUT2D eigenvalue weighted by atomic mass is 10.1. The van der Waals surface area contributed by atoms with Gasteiger partial charge in [0.05, 0.1) is 16.6 Å². The molecular weight excluding hydrogens is 287 g/mol. The first-order chi connectivity index (χ1) is 9.49. The fraction of sp³-hybridized carbons (Fsp3) is 0.462. The van der Waals surface area contributed by atoms with E-state index in [9.17, 15) is 19.3 Å². The van der Waals surface area contributed by atoms with E-state index in [0.29, 0.717) is 6.54 Å². The molecule has 1 N–H and O–H groups in total. The van der Waals surface area contributed by atoms with Gasteiger partial charge >= 0.3 is 0 Å². The second kappa shape index (κ2) is 6.17. The number of alkyl halides is 1. The number of carbonyl (C=O) groups excluding carboxylic acids is 1. The zero-order valence-electron chi connectivity index (χ0n) is 10.6. The van der Waals surface area contributed by atoms with Gasteiger partial charge in [0.15, 0.2) is 0 Å². The van der Waals surface area contributed by atoms with Crippen LogP contribution in [-0.2, 0) is 0 Å². The molecule has 5 nitrogen and oxygen atoms in total. The minimum atomic E-state index is -0.898. The van der Waals surface area contributed by atoms with E-state index in [1.54, 1.807) is 0 Å². The molecule has 1 aliphatic rings. The van der Waals surface area contributed by atoms with Crippen molar-refractivity contribution in [2.24, 2.45) is 5.92 Å². The summed E-state index contributed by atoms with van der Waals surface area (Å²) in [4.78, 5) is 21.6. The number of nitro groups is 1. The molecule has 108 valence electrons. The molecule has 20 heavy (non-hydrogen) atoms. The molecule has 1 amide bonds. The summed E-state index contributed by atoms with van der Waals surface area (Å²) in [6.07, 6.45) is 2.89. The van der Waals surface area contributed by atoms with Crippen LogP contribution in [0, 0.1) is 21.8 Å². The summed E-state index contributed by atoms with van der Waals surface area (Å²) in [5, 5.41) is 13.2. The highest BCUT2D eigenvalue weighted by Gasteiger charge is 2.26. The van der Waals surface area contributed by atoms with E-state index in [1.165, 1.54) is 0 Å². The summed E-state index contributed by atoms with van der Waals surface area (Å²) in [5.74, 6) is -1.28. The minimum absolute atomic E-state index is 0.0389. The summed E-state index contributed by atoms with van der Waals surface area (Å²) >= 11 is 6.09. The normalized spacial score (nSPS) is 21.7. The molecule has 1 saturated carbocycles. The Morgan fingerprint density at radius 2 is 2.25 bits per heavy atom. The average Bonchev–Trinajstić information content (AvgIpc) is 2.81. The van der Waals surface area contributed by atoms with Gasteiger partial charge in [-0.1, -0.05) is 6.42 Å². The lowest BCUT2D eigenvalue weighted by Crippen LogP contribution is -2.31. The molecule has 0 heterocycles. The van der Waals surface area contributed by atoms with Crippen LogP contribution in [0.15, 0.2) is 18.2 Å². The largest absolute Gasteiger partial charge is 0.352 e. The van der Waals surface area contributed by atoms with Gasteiger partial charge in [0.1, 0.15) is 5.82 Å². The van der Waals surface area contributed by atoms with Gasteiger partial charge in [-0.3, -0.25) is 14.9 Å². The summed E-state index contributed by atoms with van der Waals surface area (Å²) < 4.78 is 13.6. The summed E-state index contributed by atoms with van der Waals surface area (Å²) in [7, 11) is 0. The van der Waals surface area contributed by atoms with Crippen LogP contribution in [0.5, 0.6) is 0 Å². The van der Waals surface area contributed by atoms with Crippen LogP contribution in [0.25, 0.3) is 0 Å². The number of nitrogens with one attached hydrogen (secondary N) is 1. The number of amides is 1. The molecule has 0 aliphatic heterocycles. The van der Waals surface area contributed by atoms with E-state index in [1.807, 2.05) is 0 Å². The molecule has 0 spiro atoms. The van der Waals surface area contributed by atoms with E-state index in [0.717, 1.165) is 37.5 Å². The predicted molar refractivity (Wildman–Crippen MR) is 72.4 cm³/mol. The molecule has 0 saturated heterocycles. The number of halogens is 2. The zero-order valence-corrected chi connectivity index (χ0v) is 11.4. The number of hydrogen-bond donors (Lipinski definition) is 1. The molecule has 0 radical (unpaired) electrons. The molecule has 1 aliphatic carbocycles. The van der Waals surface area contributed by atoms with Crippen LogP contribution in [0.1, 0.15) is 29.6 Å². The summed E-state index contributed by atoms with van der Waals surface area (Å²) in [6, 6.07) is 2.97. The fourth-order valence-electron chi connectivity index (χ4n) is 2.34. The first-order valence-corrected chi connectivity index (χ1v) is 6.79. The first-order valence-electron chi connectivity index (χ1n) is 6.35. The third-order valence-corrected chi connectivity index (χ3v) is 4.07. The number of nitrogens with zero attached hydrogens (tertiary/aromatic N) is 1. The Balaban J connectivity index is 2.00. The van der Waals surface area contributed by atoms with Gasteiger partial charge in [-0.25, -0.2) is 4.39 Å². The van der Waals surface area contributed by atoms with Crippen molar-refractivity contribution in [2.75, 3.05) is 6.54 Å². The Kier molecular flexibility index (Phi) is 4.54. The van der Waals surface area contributed by atoms with E-state index >= 15 is 0 Å². The lowest BCUT2D eigenvalue weighted by molar-refractivity contribution is -0.385. The van der Waals surface area contributed by atoms with Gasteiger partial charge in [0, 0.05) is 18.0 Å². The summed E-state index contributed by atoms with van der Waals surface area (Å²) in [5.41, 5.74) is -0.574. The third-order valence-electron chi connectivity index (χ3n) is 3.50. The predicted octanol–water partition coefficient (Wildman–Crippen LogP) is 2.87. The minimum Gasteiger partial charge on any atom is -0.352 e. The van der Waals surface area contributed by atoms with Crippen LogP contribution in [0.4, 0.5) is 10.1 Å². The maximum absolute atomic E-state index is 13.6. The Labute approximate surface area is 120 Å². The molecule has 1 aromatic rings. The van der Waals surface area contributed by atoms with Gasteiger partial charge in [0.2, 0.25) is 0 Å². The smallest absolute Gasteiger partial charge is 0.272 e. The van der Waals surface area contributed by atoms with Crippen molar-refractivity contribution in [3.63, 3.8) is 0 Å².